The van der Waals surface area contributed by atoms with Crippen LogP contribution in [0.5, 0.6) is 0 Å². The first-order valence-corrected chi connectivity index (χ1v) is 27.2. The molecule has 74 heavy (non-hydrogen) atoms. The summed E-state index contributed by atoms with van der Waals surface area (Å²) in [5, 5.41) is 2.64. The molecule has 0 bridgehead atoms. The van der Waals surface area contributed by atoms with E-state index in [-0.39, 0.29) is 28.3 Å². The maximum atomic E-state index is 2.75. The van der Waals surface area contributed by atoms with Crippen LogP contribution in [0.4, 0.5) is 11.4 Å². The second-order valence-corrected chi connectivity index (χ2v) is 24.4. The summed E-state index contributed by atoms with van der Waals surface area (Å²) >= 11 is 0. The molecule has 0 radical (unpaired) electrons. The Balaban J connectivity index is 0.983. The van der Waals surface area contributed by atoms with E-state index >= 15 is 0 Å². The van der Waals surface area contributed by atoms with Crippen molar-refractivity contribution in [1.82, 2.24) is 4.57 Å². The highest BCUT2D eigenvalue weighted by molar-refractivity contribution is 6.08. The van der Waals surface area contributed by atoms with E-state index in [2.05, 4.69) is 277 Å². The number of hydrogen-bond acceptors (Lipinski definition) is 1. The van der Waals surface area contributed by atoms with E-state index in [0.717, 1.165) is 19.3 Å². The molecule has 366 valence electrons. The highest BCUT2D eigenvalue weighted by Crippen LogP contribution is 2.62. The molecule has 0 spiro atoms. The Kier molecular flexibility index (Phi) is 10.7. The standard InChI is InChI=1S/C72H68N2/c1-69(2,3)51-35-41-60-63(43-51)72(49-21-11-9-12-22-49,50-23-13-10-14-24-50)64-44-52(70(4,5)6)45-67(68(60)64)73(55-40-42-57-56-25-15-18-28-61(56)71(7,8)62(57)46-55)53-36-31-47(32-37-53)48-33-38-54(39-34-48)74-65-29-19-16-26-58(65)59-27-17-20-30-66(59)74/h9-36,38,40-42,44-46,51,53-54H,37,39,43H2,1-8H3. The quantitative estimate of drug-likeness (QED) is 0.155. The van der Waals surface area contributed by atoms with E-state index in [1.807, 2.05) is 0 Å². The van der Waals surface area contributed by atoms with Crippen LogP contribution in [0, 0.1) is 11.3 Å². The van der Waals surface area contributed by atoms with Gasteiger partial charge in [-0.1, -0.05) is 237 Å². The lowest BCUT2D eigenvalue weighted by molar-refractivity contribution is 0.285. The van der Waals surface area contributed by atoms with Gasteiger partial charge in [0.15, 0.2) is 0 Å². The molecule has 2 nitrogen and oxygen atoms in total. The van der Waals surface area contributed by atoms with Gasteiger partial charge in [-0.15, -0.1) is 0 Å². The molecule has 0 fully saturated rings. The molecule has 1 heterocycles. The van der Waals surface area contributed by atoms with E-state index in [4.69, 9.17) is 0 Å². The number of fused-ring (bicyclic) bond motifs is 8. The molecule has 0 N–H and O–H groups in total. The molecule has 0 saturated carbocycles. The van der Waals surface area contributed by atoms with E-state index in [1.165, 1.54) is 106 Å². The first kappa shape index (κ1) is 46.4. The lowest BCUT2D eigenvalue weighted by atomic mass is 9.62. The van der Waals surface area contributed by atoms with Crippen LogP contribution in [-0.2, 0) is 16.2 Å². The Bertz CT molecular complexity index is 3660. The van der Waals surface area contributed by atoms with Crippen LogP contribution in [0.2, 0.25) is 0 Å². The van der Waals surface area contributed by atoms with Gasteiger partial charge in [-0.25, -0.2) is 0 Å². The van der Waals surface area contributed by atoms with E-state index < -0.39 is 5.41 Å². The number of nitrogens with zero attached hydrogens (tertiary/aromatic N) is 2. The predicted octanol–water partition coefficient (Wildman–Crippen LogP) is 18.6. The molecule has 7 aromatic carbocycles. The monoisotopic (exact) mass is 961 g/mol. The SMILES string of the molecule is CC(C)(C)c1cc(N(c2ccc3c(c2)C(C)(C)c2ccccc2-3)C2C=CC(C3=CCC(n4c5ccccc5c5ccccc54)C=C3)=CC2)c2c(c1)C(c1ccccc1)(c1ccccc1)C1=C2C=CC(C(C)(C)C)C1. The van der Waals surface area contributed by atoms with Crippen molar-refractivity contribution in [2.75, 3.05) is 4.90 Å². The second kappa shape index (κ2) is 17.1. The first-order valence-electron chi connectivity index (χ1n) is 27.2. The molecule has 13 rings (SSSR count). The average Bonchev–Trinajstić information content (AvgIpc) is 4.02. The zero-order valence-electron chi connectivity index (χ0n) is 44.5. The van der Waals surface area contributed by atoms with Gasteiger partial charge < -0.3 is 9.47 Å². The molecule has 2 heteroatoms. The molecule has 0 amide bonds. The molecule has 8 aromatic rings. The summed E-state index contributed by atoms with van der Waals surface area (Å²) in [6.07, 6.45) is 22.6. The van der Waals surface area contributed by atoms with Crippen LogP contribution in [0.25, 0.3) is 38.5 Å². The number of aromatic nitrogens is 1. The fraction of sp³-hybridized carbons (Fsp3) is 0.250. The highest BCUT2D eigenvalue weighted by atomic mass is 15.2. The van der Waals surface area contributed by atoms with E-state index in [1.54, 1.807) is 0 Å². The maximum Gasteiger partial charge on any atom is 0.0677 e. The molecule has 3 atom stereocenters. The summed E-state index contributed by atoms with van der Waals surface area (Å²) in [6.45, 7) is 19.3. The van der Waals surface area contributed by atoms with Crippen molar-refractivity contribution >= 4 is 38.8 Å². The number of hydrogen-bond donors (Lipinski definition) is 0. The minimum absolute atomic E-state index is 0.0592. The van der Waals surface area contributed by atoms with Gasteiger partial charge >= 0.3 is 0 Å². The number of benzene rings is 7. The molecule has 3 unspecified atom stereocenters. The molecular formula is C72H68N2. The summed E-state index contributed by atoms with van der Waals surface area (Å²) < 4.78 is 2.55. The summed E-state index contributed by atoms with van der Waals surface area (Å²) in [7, 11) is 0. The second-order valence-electron chi connectivity index (χ2n) is 24.4. The third-order valence-electron chi connectivity index (χ3n) is 17.8. The summed E-state index contributed by atoms with van der Waals surface area (Å²) in [5.74, 6) is 0.384. The number of anilines is 2. The van der Waals surface area contributed by atoms with Crippen LogP contribution in [0.1, 0.15) is 120 Å². The zero-order chi connectivity index (χ0) is 50.7. The summed E-state index contributed by atoms with van der Waals surface area (Å²) in [5.41, 5.74) is 22.2. The van der Waals surface area contributed by atoms with Gasteiger partial charge in [0.1, 0.15) is 0 Å². The van der Waals surface area contributed by atoms with Crippen LogP contribution >= 0.6 is 0 Å². The number of rotatable bonds is 7. The fourth-order valence-corrected chi connectivity index (χ4v) is 13.8. The predicted molar refractivity (Wildman–Crippen MR) is 314 cm³/mol. The molecular weight excluding hydrogens is 893 g/mol. The Morgan fingerprint density at radius 2 is 1.14 bits per heavy atom. The van der Waals surface area contributed by atoms with Crippen LogP contribution in [0.15, 0.2) is 229 Å². The van der Waals surface area contributed by atoms with Gasteiger partial charge in [-0.05, 0) is 133 Å². The van der Waals surface area contributed by atoms with E-state index in [0.29, 0.717) is 5.92 Å². The molecule has 5 aliphatic rings. The van der Waals surface area contributed by atoms with Crippen molar-refractivity contribution in [3.63, 3.8) is 0 Å². The third-order valence-corrected chi connectivity index (χ3v) is 17.8. The summed E-state index contributed by atoms with van der Waals surface area (Å²) in [4.78, 5) is 2.75. The van der Waals surface area contributed by atoms with E-state index in [9.17, 15) is 0 Å². The van der Waals surface area contributed by atoms with Crippen molar-refractivity contribution in [1.29, 1.82) is 0 Å². The van der Waals surface area contributed by atoms with Gasteiger partial charge in [-0.2, -0.15) is 0 Å². The lowest BCUT2D eigenvalue weighted by Crippen LogP contribution is -2.34. The summed E-state index contributed by atoms with van der Waals surface area (Å²) in [6, 6.07) is 62.7. The van der Waals surface area contributed by atoms with Gasteiger partial charge in [0, 0.05) is 38.5 Å². The minimum Gasteiger partial charge on any atom is -0.334 e. The van der Waals surface area contributed by atoms with Gasteiger partial charge in [0.25, 0.3) is 0 Å². The third kappa shape index (κ3) is 7.11. The molecule has 5 aliphatic carbocycles. The molecule has 1 aromatic heterocycles. The van der Waals surface area contributed by atoms with Gasteiger partial charge in [0.05, 0.1) is 23.2 Å². The number of allylic oxidation sites excluding steroid dienone is 10. The van der Waals surface area contributed by atoms with Crippen LogP contribution in [-0.4, -0.2) is 10.6 Å². The minimum atomic E-state index is -0.489. The Labute approximate surface area is 439 Å². The highest BCUT2D eigenvalue weighted by Gasteiger charge is 2.51. The van der Waals surface area contributed by atoms with Crippen LogP contribution < -0.4 is 4.90 Å². The maximum absolute atomic E-state index is 2.75. The van der Waals surface area contributed by atoms with Gasteiger partial charge in [-0.3, -0.25) is 0 Å². The first-order chi connectivity index (χ1) is 35.7. The number of para-hydroxylation sites is 2. The van der Waals surface area contributed by atoms with Crippen LogP contribution in [0.3, 0.4) is 0 Å². The normalized spacial score (nSPS) is 20.3. The van der Waals surface area contributed by atoms with Gasteiger partial charge in [0.2, 0.25) is 0 Å². The molecule has 0 saturated heterocycles. The topological polar surface area (TPSA) is 8.17 Å². The van der Waals surface area contributed by atoms with Crippen molar-refractivity contribution < 1.29 is 0 Å². The van der Waals surface area contributed by atoms with Crippen molar-refractivity contribution in [3.05, 3.63) is 268 Å². The lowest BCUT2D eigenvalue weighted by Gasteiger charge is -2.40. The fourth-order valence-electron chi connectivity index (χ4n) is 13.8. The molecule has 0 aliphatic heterocycles. The Morgan fingerprint density at radius 1 is 0.541 bits per heavy atom. The Morgan fingerprint density at radius 3 is 1.74 bits per heavy atom. The van der Waals surface area contributed by atoms with Crippen molar-refractivity contribution in [2.24, 2.45) is 11.3 Å². The zero-order valence-corrected chi connectivity index (χ0v) is 44.5. The smallest absolute Gasteiger partial charge is 0.0677 e. The Hall–Kier alpha value is -7.42. The van der Waals surface area contributed by atoms with Crippen molar-refractivity contribution in [2.45, 2.75) is 103 Å². The average molecular weight is 961 g/mol. The van der Waals surface area contributed by atoms with Crippen molar-refractivity contribution in [3.8, 4) is 11.1 Å². The largest absolute Gasteiger partial charge is 0.334 e.